The second kappa shape index (κ2) is 6.01. The van der Waals surface area contributed by atoms with E-state index in [0.717, 1.165) is 11.3 Å². The molecule has 0 aliphatic carbocycles. The molecule has 0 spiro atoms. The Morgan fingerprint density at radius 2 is 2.22 bits per heavy atom. The fourth-order valence-corrected chi connectivity index (χ4v) is 1.77. The number of anilines is 1. The Labute approximate surface area is 107 Å². The fourth-order valence-electron chi connectivity index (χ4n) is 1.77. The van der Waals surface area contributed by atoms with Crippen LogP contribution in [0, 0.1) is 25.2 Å². The van der Waals surface area contributed by atoms with Crippen LogP contribution in [0.25, 0.3) is 0 Å². The van der Waals surface area contributed by atoms with Crippen molar-refractivity contribution in [1.82, 2.24) is 10.3 Å². The van der Waals surface area contributed by atoms with E-state index < -0.39 is 0 Å². The highest BCUT2D eigenvalue weighted by Gasteiger charge is 2.16. The fraction of sp³-hybridized carbons (Fsp3) is 0.462. The standard InChI is InChI=1S/C13H18N4O/c1-5-17(8-12(18)15-4)13-11(7-14)9(2)6-10(3)16-13/h6H,5,8H2,1-4H3,(H,15,18). The molecular weight excluding hydrogens is 228 g/mol. The molecule has 0 saturated carbocycles. The monoisotopic (exact) mass is 246 g/mol. The summed E-state index contributed by atoms with van der Waals surface area (Å²) < 4.78 is 0. The Hall–Kier alpha value is -2.09. The van der Waals surface area contributed by atoms with E-state index in [0.29, 0.717) is 17.9 Å². The molecule has 18 heavy (non-hydrogen) atoms. The number of aryl methyl sites for hydroxylation is 2. The Balaban J connectivity index is 3.20. The molecule has 5 heteroatoms. The summed E-state index contributed by atoms with van der Waals surface area (Å²) in [5, 5.41) is 11.8. The normalized spacial score (nSPS) is 9.72. The van der Waals surface area contributed by atoms with Gasteiger partial charge in [-0.1, -0.05) is 0 Å². The minimum Gasteiger partial charge on any atom is -0.358 e. The van der Waals surface area contributed by atoms with E-state index in [2.05, 4.69) is 16.4 Å². The van der Waals surface area contributed by atoms with Gasteiger partial charge in [-0.3, -0.25) is 4.79 Å². The van der Waals surface area contributed by atoms with Gasteiger partial charge in [0, 0.05) is 19.3 Å². The van der Waals surface area contributed by atoms with Crippen molar-refractivity contribution in [2.45, 2.75) is 20.8 Å². The molecule has 0 fully saturated rings. The highest BCUT2D eigenvalue weighted by molar-refractivity contribution is 5.81. The zero-order valence-electron chi connectivity index (χ0n) is 11.2. The summed E-state index contributed by atoms with van der Waals surface area (Å²) in [4.78, 5) is 17.7. The molecule has 1 aromatic heterocycles. The van der Waals surface area contributed by atoms with E-state index in [4.69, 9.17) is 0 Å². The minimum absolute atomic E-state index is 0.0956. The molecule has 1 amide bonds. The average molecular weight is 246 g/mol. The highest BCUT2D eigenvalue weighted by Crippen LogP contribution is 2.21. The molecule has 0 aromatic carbocycles. The number of carbonyl (C=O) groups is 1. The third-order valence-electron chi connectivity index (χ3n) is 2.73. The lowest BCUT2D eigenvalue weighted by Gasteiger charge is -2.23. The molecule has 0 bridgehead atoms. The molecule has 0 radical (unpaired) electrons. The molecular formula is C13H18N4O. The lowest BCUT2D eigenvalue weighted by molar-refractivity contribution is -0.119. The van der Waals surface area contributed by atoms with Crippen molar-refractivity contribution in [3.8, 4) is 6.07 Å². The van der Waals surface area contributed by atoms with Crippen LogP contribution in [0.3, 0.4) is 0 Å². The van der Waals surface area contributed by atoms with E-state index in [1.807, 2.05) is 26.8 Å². The van der Waals surface area contributed by atoms with Gasteiger partial charge in [-0.25, -0.2) is 4.98 Å². The largest absolute Gasteiger partial charge is 0.358 e. The minimum atomic E-state index is -0.0956. The van der Waals surface area contributed by atoms with E-state index in [1.165, 1.54) is 0 Å². The highest BCUT2D eigenvalue weighted by atomic mass is 16.1. The molecule has 0 aliphatic heterocycles. The number of rotatable bonds is 4. The van der Waals surface area contributed by atoms with Crippen molar-refractivity contribution in [3.63, 3.8) is 0 Å². The summed E-state index contributed by atoms with van der Waals surface area (Å²) in [6.07, 6.45) is 0. The number of carbonyl (C=O) groups excluding carboxylic acids is 1. The zero-order chi connectivity index (χ0) is 13.7. The predicted octanol–water partition coefficient (Wildman–Crippen LogP) is 1.14. The van der Waals surface area contributed by atoms with E-state index in [1.54, 1.807) is 11.9 Å². The van der Waals surface area contributed by atoms with Gasteiger partial charge >= 0.3 is 0 Å². The van der Waals surface area contributed by atoms with Gasteiger partial charge < -0.3 is 10.2 Å². The zero-order valence-corrected chi connectivity index (χ0v) is 11.2. The predicted molar refractivity (Wildman–Crippen MR) is 70.4 cm³/mol. The Bertz CT molecular complexity index is 490. The van der Waals surface area contributed by atoms with Crippen LogP contribution in [0.15, 0.2) is 6.07 Å². The summed E-state index contributed by atoms with van der Waals surface area (Å²) in [6, 6.07) is 4.03. The molecule has 5 nitrogen and oxygen atoms in total. The smallest absolute Gasteiger partial charge is 0.239 e. The summed E-state index contributed by atoms with van der Waals surface area (Å²) >= 11 is 0. The molecule has 1 heterocycles. The molecule has 1 aromatic rings. The molecule has 1 N–H and O–H groups in total. The molecule has 0 aliphatic rings. The first kappa shape index (κ1) is 14.0. The summed E-state index contributed by atoms with van der Waals surface area (Å²) in [7, 11) is 1.59. The van der Waals surface area contributed by atoms with Crippen molar-refractivity contribution in [1.29, 1.82) is 5.26 Å². The Morgan fingerprint density at radius 3 is 2.72 bits per heavy atom. The maximum atomic E-state index is 11.5. The summed E-state index contributed by atoms with van der Waals surface area (Å²) in [5.41, 5.74) is 2.26. The molecule has 1 rings (SSSR count). The topological polar surface area (TPSA) is 69.0 Å². The third-order valence-corrected chi connectivity index (χ3v) is 2.73. The van der Waals surface area contributed by atoms with Crippen molar-refractivity contribution < 1.29 is 4.79 Å². The second-order valence-electron chi connectivity index (χ2n) is 4.08. The maximum Gasteiger partial charge on any atom is 0.239 e. The van der Waals surface area contributed by atoms with Gasteiger partial charge in [-0.15, -0.1) is 0 Å². The SMILES string of the molecule is CCN(CC(=O)NC)c1nc(C)cc(C)c1C#N. The van der Waals surface area contributed by atoms with Gasteiger partial charge in [0.25, 0.3) is 0 Å². The first-order valence-electron chi connectivity index (χ1n) is 5.87. The van der Waals surface area contributed by atoms with Gasteiger partial charge in [-0.05, 0) is 32.4 Å². The lowest BCUT2D eigenvalue weighted by Crippen LogP contribution is -2.36. The summed E-state index contributed by atoms with van der Waals surface area (Å²) in [6.45, 7) is 6.52. The Kier molecular flexibility index (Phi) is 4.67. The van der Waals surface area contributed by atoms with Crippen LogP contribution in [0.5, 0.6) is 0 Å². The van der Waals surface area contributed by atoms with Crippen molar-refractivity contribution >= 4 is 11.7 Å². The number of nitriles is 1. The number of hydrogen-bond acceptors (Lipinski definition) is 4. The number of nitrogens with zero attached hydrogens (tertiary/aromatic N) is 3. The third kappa shape index (κ3) is 2.98. The van der Waals surface area contributed by atoms with Gasteiger partial charge in [0.05, 0.1) is 12.1 Å². The first-order chi connectivity index (χ1) is 8.53. The number of nitrogens with one attached hydrogen (secondary N) is 1. The van der Waals surface area contributed by atoms with Gasteiger partial charge in [0.2, 0.25) is 5.91 Å². The van der Waals surface area contributed by atoms with Crippen molar-refractivity contribution in [3.05, 3.63) is 22.9 Å². The number of hydrogen-bond donors (Lipinski definition) is 1. The second-order valence-corrected chi connectivity index (χ2v) is 4.08. The quantitative estimate of drug-likeness (QED) is 0.865. The van der Waals surface area contributed by atoms with Crippen LogP contribution in [0.4, 0.5) is 5.82 Å². The summed E-state index contributed by atoms with van der Waals surface area (Å²) in [5.74, 6) is 0.489. The average Bonchev–Trinajstić information content (AvgIpc) is 2.34. The van der Waals surface area contributed by atoms with E-state index >= 15 is 0 Å². The maximum absolute atomic E-state index is 11.5. The van der Waals surface area contributed by atoms with E-state index in [-0.39, 0.29) is 12.5 Å². The van der Waals surface area contributed by atoms with Gasteiger partial charge in [0.15, 0.2) is 0 Å². The molecule has 0 unspecified atom stereocenters. The number of pyridine rings is 1. The van der Waals surface area contributed by atoms with Crippen LogP contribution in [-0.4, -0.2) is 31.0 Å². The van der Waals surface area contributed by atoms with Crippen molar-refractivity contribution in [2.75, 3.05) is 25.0 Å². The van der Waals surface area contributed by atoms with Crippen molar-refractivity contribution in [2.24, 2.45) is 0 Å². The van der Waals surface area contributed by atoms with Crippen LogP contribution < -0.4 is 10.2 Å². The first-order valence-corrected chi connectivity index (χ1v) is 5.87. The number of aromatic nitrogens is 1. The van der Waals surface area contributed by atoms with E-state index in [9.17, 15) is 10.1 Å². The molecule has 0 saturated heterocycles. The van der Waals surface area contributed by atoms with Crippen LogP contribution >= 0.6 is 0 Å². The van der Waals surface area contributed by atoms with Crippen LogP contribution in [0.1, 0.15) is 23.7 Å². The number of amides is 1. The lowest BCUT2D eigenvalue weighted by atomic mass is 10.1. The van der Waals surface area contributed by atoms with Crippen LogP contribution in [0.2, 0.25) is 0 Å². The van der Waals surface area contributed by atoms with Crippen LogP contribution in [-0.2, 0) is 4.79 Å². The van der Waals surface area contributed by atoms with Gasteiger partial charge in [-0.2, -0.15) is 5.26 Å². The molecule has 96 valence electrons. The Morgan fingerprint density at radius 1 is 1.56 bits per heavy atom. The van der Waals surface area contributed by atoms with Gasteiger partial charge in [0.1, 0.15) is 11.9 Å². The molecule has 0 atom stereocenters. The number of likely N-dealkylation sites (N-methyl/N-ethyl adjacent to an activating group) is 2.